The van der Waals surface area contributed by atoms with Crippen LogP contribution >= 0.6 is 0 Å². The van der Waals surface area contributed by atoms with E-state index in [0.29, 0.717) is 16.6 Å². The topological polar surface area (TPSA) is 92.7 Å². The molecule has 7 heteroatoms. The van der Waals surface area contributed by atoms with Crippen molar-refractivity contribution >= 4 is 27.7 Å². The van der Waals surface area contributed by atoms with Gasteiger partial charge in [0.05, 0.1) is 22.5 Å². The standard InChI is InChI=1S/C19H17N5O2/c1-11(17-21-14-9-5-6-10-15(14)22-17)20-18(25)16-12-7-3-4-8-13(12)19(26)24(2)23-16/h3-11H,1-2H3,(H,20,25)(H,21,22)/t11-/m0/s1. The van der Waals surface area contributed by atoms with Crippen LogP contribution in [0.1, 0.15) is 29.3 Å². The van der Waals surface area contributed by atoms with Crippen LogP contribution in [0.2, 0.25) is 0 Å². The first-order valence-corrected chi connectivity index (χ1v) is 8.26. The first-order chi connectivity index (χ1) is 12.5. The Morgan fingerprint density at radius 3 is 2.58 bits per heavy atom. The number of aromatic amines is 1. The quantitative estimate of drug-likeness (QED) is 0.595. The molecule has 0 fully saturated rings. The summed E-state index contributed by atoms with van der Waals surface area (Å²) in [6, 6.07) is 14.3. The number of amides is 1. The molecule has 0 aliphatic rings. The number of imidazole rings is 1. The number of aromatic nitrogens is 4. The summed E-state index contributed by atoms with van der Waals surface area (Å²) in [5.41, 5.74) is 1.73. The van der Waals surface area contributed by atoms with E-state index in [4.69, 9.17) is 0 Å². The number of H-pyrrole nitrogens is 1. The van der Waals surface area contributed by atoms with Gasteiger partial charge in [0, 0.05) is 12.4 Å². The molecule has 0 aliphatic carbocycles. The van der Waals surface area contributed by atoms with Crippen molar-refractivity contribution in [3.63, 3.8) is 0 Å². The monoisotopic (exact) mass is 347 g/mol. The van der Waals surface area contributed by atoms with Crippen molar-refractivity contribution < 1.29 is 4.79 Å². The number of fused-ring (bicyclic) bond motifs is 2. The molecule has 0 aliphatic heterocycles. The Kier molecular flexibility index (Phi) is 3.76. The second-order valence-corrected chi connectivity index (χ2v) is 6.16. The molecule has 2 N–H and O–H groups in total. The minimum Gasteiger partial charge on any atom is -0.341 e. The number of hydrogen-bond donors (Lipinski definition) is 2. The van der Waals surface area contributed by atoms with Crippen LogP contribution < -0.4 is 10.9 Å². The fourth-order valence-electron chi connectivity index (χ4n) is 2.98. The van der Waals surface area contributed by atoms with Gasteiger partial charge in [-0.15, -0.1) is 0 Å². The first kappa shape index (κ1) is 16.0. The average Bonchev–Trinajstić information content (AvgIpc) is 3.09. The molecule has 2 aromatic heterocycles. The Morgan fingerprint density at radius 2 is 1.81 bits per heavy atom. The molecule has 0 saturated heterocycles. The number of nitrogens with one attached hydrogen (secondary N) is 2. The Labute approximate surface area is 148 Å². The largest absolute Gasteiger partial charge is 0.341 e. The summed E-state index contributed by atoms with van der Waals surface area (Å²) < 4.78 is 1.18. The van der Waals surface area contributed by atoms with Crippen molar-refractivity contribution in [1.29, 1.82) is 0 Å². The molecule has 130 valence electrons. The lowest BCUT2D eigenvalue weighted by molar-refractivity contribution is 0.0933. The number of carbonyl (C=O) groups excluding carboxylic acids is 1. The van der Waals surface area contributed by atoms with E-state index in [-0.39, 0.29) is 23.2 Å². The zero-order valence-corrected chi connectivity index (χ0v) is 14.4. The summed E-state index contributed by atoms with van der Waals surface area (Å²) in [5.74, 6) is 0.304. The van der Waals surface area contributed by atoms with Crippen LogP contribution in [0.25, 0.3) is 21.8 Å². The lowest BCUT2D eigenvalue weighted by Crippen LogP contribution is -2.31. The molecule has 2 aromatic carbocycles. The second-order valence-electron chi connectivity index (χ2n) is 6.16. The number of hydrogen-bond acceptors (Lipinski definition) is 4. The highest BCUT2D eigenvalue weighted by atomic mass is 16.2. The molecular formula is C19H17N5O2. The number of carbonyl (C=O) groups is 1. The third-order valence-corrected chi connectivity index (χ3v) is 4.34. The molecule has 1 atom stereocenters. The van der Waals surface area contributed by atoms with Crippen molar-refractivity contribution in [2.45, 2.75) is 13.0 Å². The Balaban J connectivity index is 1.69. The van der Waals surface area contributed by atoms with Gasteiger partial charge in [0.1, 0.15) is 5.82 Å². The smallest absolute Gasteiger partial charge is 0.274 e. The van der Waals surface area contributed by atoms with Crippen LogP contribution in [0, 0.1) is 0 Å². The van der Waals surface area contributed by atoms with E-state index in [1.807, 2.05) is 31.2 Å². The van der Waals surface area contributed by atoms with E-state index in [0.717, 1.165) is 11.0 Å². The maximum Gasteiger partial charge on any atom is 0.274 e. The minimum atomic E-state index is -0.357. The highest BCUT2D eigenvalue weighted by Crippen LogP contribution is 2.17. The predicted molar refractivity (Wildman–Crippen MR) is 99.0 cm³/mol. The van der Waals surface area contributed by atoms with Gasteiger partial charge in [-0.3, -0.25) is 9.59 Å². The van der Waals surface area contributed by atoms with E-state index in [2.05, 4.69) is 20.4 Å². The van der Waals surface area contributed by atoms with E-state index in [9.17, 15) is 9.59 Å². The molecule has 1 amide bonds. The lowest BCUT2D eigenvalue weighted by atomic mass is 10.1. The lowest BCUT2D eigenvalue weighted by Gasteiger charge is -2.13. The van der Waals surface area contributed by atoms with Crippen LogP contribution in [0.5, 0.6) is 0 Å². The van der Waals surface area contributed by atoms with Crippen molar-refractivity contribution in [1.82, 2.24) is 25.1 Å². The summed E-state index contributed by atoms with van der Waals surface area (Å²) in [5, 5.41) is 8.05. The van der Waals surface area contributed by atoms with Gasteiger partial charge in [-0.1, -0.05) is 30.3 Å². The predicted octanol–water partition coefficient (Wildman–Crippen LogP) is 2.30. The van der Waals surface area contributed by atoms with Gasteiger partial charge in [-0.05, 0) is 25.1 Å². The third kappa shape index (κ3) is 2.63. The van der Waals surface area contributed by atoms with Crippen LogP contribution in [-0.2, 0) is 7.05 Å². The fourth-order valence-corrected chi connectivity index (χ4v) is 2.98. The third-order valence-electron chi connectivity index (χ3n) is 4.34. The molecule has 0 bridgehead atoms. The molecule has 7 nitrogen and oxygen atoms in total. The summed E-state index contributed by atoms with van der Waals surface area (Å²) in [6.45, 7) is 1.85. The minimum absolute atomic E-state index is 0.214. The van der Waals surface area contributed by atoms with Crippen molar-refractivity contribution in [2.75, 3.05) is 0 Å². The van der Waals surface area contributed by atoms with Crippen LogP contribution in [0.4, 0.5) is 0 Å². The molecule has 0 spiro atoms. The molecule has 4 aromatic rings. The van der Waals surface area contributed by atoms with Gasteiger partial charge in [0.25, 0.3) is 11.5 Å². The summed E-state index contributed by atoms with van der Waals surface area (Å²) in [6.07, 6.45) is 0. The fraction of sp³-hybridized carbons (Fsp3) is 0.158. The van der Waals surface area contributed by atoms with Crippen molar-refractivity contribution in [3.8, 4) is 0 Å². The van der Waals surface area contributed by atoms with Crippen LogP contribution in [0.3, 0.4) is 0 Å². The summed E-state index contributed by atoms with van der Waals surface area (Å²) >= 11 is 0. The van der Waals surface area contributed by atoms with Gasteiger partial charge < -0.3 is 10.3 Å². The number of benzene rings is 2. The SMILES string of the molecule is C[C@H](NC(=O)c1nn(C)c(=O)c2ccccc12)c1nc2ccccc2[nH]1. The highest BCUT2D eigenvalue weighted by Gasteiger charge is 2.19. The number of para-hydroxylation sites is 2. The van der Waals surface area contributed by atoms with Gasteiger partial charge in [0.15, 0.2) is 5.69 Å². The number of rotatable bonds is 3. The second kappa shape index (κ2) is 6.11. The van der Waals surface area contributed by atoms with Crippen molar-refractivity contribution in [2.24, 2.45) is 7.05 Å². The molecule has 26 heavy (non-hydrogen) atoms. The number of aryl methyl sites for hydroxylation is 1. The normalized spacial score (nSPS) is 12.4. The van der Waals surface area contributed by atoms with Gasteiger partial charge in [-0.25, -0.2) is 9.67 Å². The van der Waals surface area contributed by atoms with Crippen LogP contribution in [0.15, 0.2) is 53.3 Å². The molecule has 0 saturated carbocycles. The molecule has 2 heterocycles. The van der Waals surface area contributed by atoms with Gasteiger partial charge in [0.2, 0.25) is 0 Å². The molecular weight excluding hydrogens is 330 g/mol. The Hall–Kier alpha value is -3.48. The Bertz CT molecular complexity index is 1160. The maximum absolute atomic E-state index is 12.8. The molecule has 0 unspecified atom stereocenters. The zero-order chi connectivity index (χ0) is 18.3. The maximum atomic E-state index is 12.8. The van der Waals surface area contributed by atoms with Crippen LogP contribution in [-0.4, -0.2) is 25.7 Å². The van der Waals surface area contributed by atoms with E-state index in [1.54, 1.807) is 24.3 Å². The average molecular weight is 347 g/mol. The van der Waals surface area contributed by atoms with Crippen molar-refractivity contribution in [3.05, 3.63) is 70.4 Å². The molecule has 4 rings (SSSR count). The first-order valence-electron chi connectivity index (χ1n) is 8.26. The zero-order valence-electron chi connectivity index (χ0n) is 14.4. The summed E-state index contributed by atoms with van der Waals surface area (Å²) in [4.78, 5) is 32.7. The summed E-state index contributed by atoms with van der Waals surface area (Å²) in [7, 11) is 1.54. The highest BCUT2D eigenvalue weighted by molar-refractivity contribution is 6.04. The van der Waals surface area contributed by atoms with E-state index >= 15 is 0 Å². The van der Waals surface area contributed by atoms with Gasteiger partial charge in [-0.2, -0.15) is 5.10 Å². The molecule has 0 radical (unpaired) electrons. The Morgan fingerprint density at radius 1 is 1.12 bits per heavy atom. The van der Waals surface area contributed by atoms with E-state index in [1.165, 1.54) is 11.7 Å². The van der Waals surface area contributed by atoms with E-state index < -0.39 is 0 Å². The van der Waals surface area contributed by atoms with Gasteiger partial charge >= 0.3 is 0 Å². The number of nitrogens with zero attached hydrogens (tertiary/aromatic N) is 3.